The van der Waals surface area contributed by atoms with E-state index in [0.29, 0.717) is 12.1 Å². The van der Waals surface area contributed by atoms with Gasteiger partial charge in [-0.15, -0.1) is 0 Å². The van der Waals surface area contributed by atoms with Crippen LogP contribution in [0.25, 0.3) is 0 Å². The van der Waals surface area contributed by atoms with Crippen LogP contribution in [0, 0.1) is 5.92 Å². The van der Waals surface area contributed by atoms with Crippen molar-refractivity contribution in [2.45, 2.75) is 31.8 Å². The van der Waals surface area contributed by atoms with E-state index in [0.717, 1.165) is 11.7 Å². The van der Waals surface area contributed by atoms with Crippen molar-refractivity contribution < 1.29 is 4.74 Å². The zero-order valence-electron chi connectivity index (χ0n) is 11.9. The predicted molar refractivity (Wildman–Crippen MR) is 77.5 cm³/mol. The number of piperidine rings is 1. The van der Waals surface area contributed by atoms with E-state index in [1.807, 2.05) is 6.07 Å². The molecule has 19 heavy (non-hydrogen) atoms. The molecule has 0 radical (unpaired) electrons. The fraction of sp³-hybridized carbons (Fsp3) is 0.625. The number of benzene rings is 1. The van der Waals surface area contributed by atoms with Gasteiger partial charge in [-0.25, -0.2) is 0 Å². The average molecular weight is 260 g/mol. The van der Waals surface area contributed by atoms with E-state index < -0.39 is 0 Å². The zero-order chi connectivity index (χ0) is 13.2. The molecule has 0 bridgehead atoms. The number of hydrogen-bond donors (Lipinski definition) is 1. The van der Waals surface area contributed by atoms with Crippen LogP contribution in [0.5, 0.6) is 5.75 Å². The van der Waals surface area contributed by atoms with Crippen molar-refractivity contribution >= 4 is 0 Å². The molecule has 3 rings (SSSR count). The highest BCUT2D eigenvalue weighted by Crippen LogP contribution is 2.34. The van der Waals surface area contributed by atoms with Gasteiger partial charge in [0.25, 0.3) is 0 Å². The smallest absolute Gasteiger partial charge is 0.123 e. The molecule has 2 fully saturated rings. The van der Waals surface area contributed by atoms with Gasteiger partial charge in [0.2, 0.25) is 0 Å². The topological polar surface area (TPSA) is 24.5 Å². The largest absolute Gasteiger partial charge is 0.496 e. The fourth-order valence-electron chi connectivity index (χ4n) is 3.60. The van der Waals surface area contributed by atoms with E-state index in [1.165, 1.54) is 38.0 Å². The first-order valence-corrected chi connectivity index (χ1v) is 7.40. The lowest BCUT2D eigenvalue weighted by Gasteiger charge is -2.26. The highest BCUT2D eigenvalue weighted by molar-refractivity contribution is 5.35. The van der Waals surface area contributed by atoms with Crippen LogP contribution in [-0.2, 0) is 0 Å². The molecule has 2 saturated heterocycles. The second kappa shape index (κ2) is 5.51. The third-order valence-electron chi connectivity index (χ3n) is 4.76. The molecule has 1 N–H and O–H groups in total. The molecule has 0 saturated carbocycles. The summed E-state index contributed by atoms with van der Waals surface area (Å²) in [6.07, 6.45) is 2.71. The van der Waals surface area contributed by atoms with Crippen molar-refractivity contribution in [2.24, 2.45) is 5.92 Å². The molecule has 3 nitrogen and oxygen atoms in total. The minimum Gasteiger partial charge on any atom is -0.496 e. The number of hydrogen-bond acceptors (Lipinski definition) is 3. The van der Waals surface area contributed by atoms with E-state index in [4.69, 9.17) is 4.74 Å². The van der Waals surface area contributed by atoms with E-state index in [2.05, 4.69) is 35.3 Å². The summed E-state index contributed by atoms with van der Waals surface area (Å²) in [7, 11) is 1.76. The lowest BCUT2D eigenvalue weighted by atomic mass is 9.94. The Morgan fingerprint density at radius 3 is 2.95 bits per heavy atom. The van der Waals surface area contributed by atoms with Gasteiger partial charge in [-0.05, 0) is 38.3 Å². The van der Waals surface area contributed by atoms with Crippen molar-refractivity contribution in [3.8, 4) is 5.75 Å². The number of nitrogens with zero attached hydrogens (tertiary/aromatic N) is 1. The van der Waals surface area contributed by atoms with Gasteiger partial charge in [-0.3, -0.25) is 4.90 Å². The summed E-state index contributed by atoms with van der Waals surface area (Å²) in [6, 6.07) is 9.54. The molecule has 3 atom stereocenters. The van der Waals surface area contributed by atoms with E-state index in [-0.39, 0.29) is 0 Å². The summed E-state index contributed by atoms with van der Waals surface area (Å²) < 4.78 is 5.50. The quantitative estimate of drug-likeness (QED) is 0.903. The average Bonchev–Trinajstić information content (AvgIpc) is 2.90. The van der Waals surface area contributed by atoms with E-state index in [1.54, 1.807) is 7.11 Å². The van der Waals surface area contributed by atoms with Gasteiger partial charge in [-0.1, -0.05) is 18.2 Å². The van der Waals surface area contributed by atoms with Crippen molar-refractivity contribution in [1.29, 1.82) is 0 Å². The molecule has 2 heterocycles. The maximum atomic E-state index is 5.50. The van der Waals surface area contributed by atoms with Crippen molar-refractivity contribution in [3.63, 3.8) is 0 Å². The minimum atomic E-state index is 0.434. The van der Waals surface area contributed by atoms with Gasteiger partial charge < -0.3 is 10.1 Å². The second-order valence-corrected chi connectivity index (χ2v) is 5.83. The Morgan fingerprint density at radius 2 is 2.16 bits per heavy atom. The number of ether oxygens (including phenoxy) is 1. The number of rotatable bonds is 3. The summed E-state index contributed by atoms with van der Waals surface area (Å²) >= 11 is 0. The number of fused-ring (bicyclic) bond motifs is 1. The minimum absolute atomic E-state index is 0.434. The molecule has 2 aliphatic rings. The molecule has 104 valence electrons. The zero-order valence-corrected chi connectivity index (χ0v) is 11.9. The summed E-state index contributed by atoms with van der Waals surface area (Å²) in [4.78, 5) is 2.60. The molecule has 1 aromatic rings. The van der Waals surface area contributed by atoms with Crippen molar-refractivity contribution in [3.05, 3.63) is 29.8 Å². The van der Waals surface area contributed by atoms with E-state index >= 15 is 0 Å². The van der Waals surface area contributed by atoms with Gasteiger partial charge in [0.1, 0.15) is 5.75 Å². The highest BCUT2D eigenvalue weighted by atomic mass is 16.5. The third kappa shape index (κ3) is 2.49. The number of nitrogens with one attached hydrogen (secondary N) is 1. The van der Waals surface area contributed by atoms with Gasteiger partial charge >= 0.3 is 0 Å². The summed E-state index contributed by atoms with van der Waals surface area (Å²) in [5.41, 5.74) is 1.31. The molecule has 0 spiro atoms. The Kier molecular flexibility index (Phi) is 3.76. The van der Waals surface area contributed by atoms with Crippen LogP contribution in [0.2, 0.25) is 0 Å². The van der Waals surface area contributed by atoms with Crippen molar-refractivity contribution in [2.75, 3.05) is 26.7 Å². The third-order valence-corrected chi connectivity index (χ3v) is 4.76. The molecular formula is C16H24N2O. The lowest BCUT2D eigenvalue weighted by molar-refractivity contribution is 0.245. The molecule has 2 aliphatic heterocycles. The van der Waals surface area contributed by atoms with Crippen LogP contribution in [0.1, 0.15) is 31.4 Å². The number of likely N-dealkylation sites (tertiary alicyclic amines) is 1. The molecule has 3 unspecified atom stereocenters. The molecule has 0 amide bonds. The van der Waals surface area contributed by atoms with Crippen LogP contribution < -0.4 is 10.1 Å². The molecule has 0 aliphatic carbocycles. The van der Waals surface area contributed by atoms with Crippen LogP contribution in [0.4, 0.5) is 0 Å². The fourth-order valence-corrected chi connectivity index (χ4v) is 3.60. The van der Waals surface area contributed by atoms with Gasteiger partial charge in [0.05, 0.1) is 7.11 Å². The number of methoxy groups -OCH3 is 1. The normalized spacial score (nSPS) is 28.9. The second-order valence-electron chi connectivity index (χ2n) is 5.83. The molecule has 3 heteroatoms. The Labute approximate surface area is 115 Å². The Bertz CT molecular complexity index is 421. The first kappa shape index (κ1) is 12.9. The standard InChI is InChI=1S/C16H24N2O/c1-12(14-7-3-4-8-16(14)19-2)18-10-13-6-5-9-17-15(13)11-18/h3-4,7-8,12-13,15,17H,5-6,9-11H2,1-2H3. The van der Waals surface area contributed by atoms with Crippen molar-refractivity contribution in [1.82, 2.24) is 10.2 Å². The SMILES string of the molecule is COc1ccccc1C(C)N1CC2CCCNC2C1. The monoisotopic (exact) mass is 260 g/mol. The number of para-hydroxylation sites is 1. The summed E-state index contributed by atoms with van der Waals surface area (Å²) in [6.45, 7) is 5.88. The Hall–Kier alpha value is -1.06. The van der Waals surface area contributed by atoms with Crippen LogP contribution in [-0.4, -0.2) is 37.7 Å². The summed E-state index contributed by atoms with van der Waals surface area (Å²) in [5.74, 6) is 1.85. The molecular weight excluding hydrogens is 236 g/mol. The molecule has 0 aromatic heterocycles. The maximum Gasteiger partial charge on any atom is 0.123 e. The first-order chi connectivity index (χ1) is 9.29. The van der Waals surface area contributed by atoms with Gasteiger partial charge in [0, 0.05) is 30.7 Å². The Balaban J connectivity index is 1.75. The van der Waals surface area contributed by atoms with Crippen LogP contribution in [0.15, 0.2) is 24.3 Å². The lowest BCUT2D eigenvalue weighted by Crippen LogP contribution is -2.40. The van der Waals surface area contributed by atoms with Crippen LogP contribution in [0.3, 0.4) is 0 Å². The predicted octanol–water partition coefficient (Wildman–Crippen LogP) is 2.44. The first-order valence-electron chi connectivity index (χ1n) is 7.40. The van der Waals surface area contributed by atoms with Crippen LogP contribution >= 0.6 is 0 Å². The Morgan fingerprint density at radius 1 is 1.32 bits per heavy atom. The highest BCUT2D eigenvalue weighted by Gasteiger charge is 2.36. The van der Waals surface area contributed by atoms with Gasteiger partial charge in [0.15, 0.2) is 0 Å². The molecule has 1 aromatic carbocycles. The summed E-state index contributed by atoms with van der Waals surface area (Å²) in [5, 5.41) is 3.67. The van der Waals surface area contributed by atoms with E-state index in [9.17, 15) is 0 Å². The van der Waals surface area contributed by atoms with Gasteiger partial charge in [-0.2, -0.15) is 0 Å². The maximum absolute atomic E-state index is 5.50.